The summed E-state index contributed by atoms with van der Waals surface area (Å²) in [6, 6.07) is -0.553. The molecule has 5 rings (SSSR count). The fraction of sp³-hybridized carbons (Fsp3) is 0.643. The van der Waals surface area contributed by atoms with Gasteiger partial charge < -0.3 is 20.3 Å². The average Bonchev–Trinajstić information content (AvgIpc) is 3.37. The first-order chi connectivity index (χ1) is 20.5. The molecule has 4 atom stereocenters. The van der Waals surface area contributed by atoms with Crippen molar-refractivity contribution < 1.29 is 32.3 Å². The Kier molecular flexibility index (Phi) is 9.94. The molecule has 43 heavy (non-hydrogen) atoms. The van der Waals surface area contributed by atoms with Gasteiger partial charge in [0.25, 0.3) is 15.9 Å². The van der Waals surface area contributed by atoms with E-state index in [1.54, 1.807) is 0 Å². The van der Waals surface area contributed by atoms with Crippen LogP contribution in [0.4, 0.5) is 4.79 Å². The Labute approximate surface area is 265 Å². The fourth-order valence-electron chi connectivity index (χ4n) is 6.20. The van der Waals surface area contributed by atoms with Crippen LogP contribution in [0.3, 0.4) is 0 Å². The maximum absolute atomic E-state index is 13.7. The van der Waals surface area contributed by atoms with E-state index >= 15 is 0 Å². The quantitative estimate of drug-likeness (QED) is 0.394. The standard InChI is InChI=1S/C28H36Cl2N4O7S2/c29-22-15-21(23(30)42-22)43(39,40)33-26(37)28-16-17(28)9-4-2-1-3-5-12-19(31-27(38)41-18-10-6-7-11-18)25(36)34-14-8-13-20(34)24(35)32-28/h4,9,15,17-20H,1-3,5-8,10-14,16H2,(H,31,38)(H,32,35)(H,33,37)/b9-4-/t17-,19+,20+,28-/m1/s1. The van der Waals surface area contributed by atoms with Crippen LogP contribution < -0.4 is 15.4 Å². The van der Waals surface area contributed by atoms with Gasteiger partial charge in [0, 0.05) is 12.5 Å². The number of allylic oxidation sites excluding steroid dienone is 1. The lowest BCUT2D eigenvalue weighted by atomic mass is 10.1. The average molecular weight is 676 g/mol. The van der Waals surface area contributed by atoms with E-state index < -0.39 is 51.5 Å². The van der Waals surface area contributed by atoms with E-state index in [-0.39, 0.29) is 32.0 Å². The lowest BCUT2D eigenvalue weighted by molar-refractivity contribution is -0.141. The second-order valence-electron chi connectivity index (χ2n) is 11.7. The number of alkyl carbamates (subject to hydrolysis) is 1. The molecular formula is C28H36Cl2N4O7S2. The van der Waals surface area contributed by atoms with Crippen molar-refractivity contribution in [3.05, 3.63) is 26.9 Å². The minimum Gasteiger partial charge on any atom is -0.446 e. The number of carbonyl (C=O) groups is 4. The highest BCUT2D eigenvalue weighted by molar-refractivity contribution is 7.90. The molecule has 1 aromatic rings. The van der Waals surface area contributed by atoms with Gasteiger partial charge in [0.15, 0.2) is 0 Å². The van der Waals surface area contributed by atoms with Gasteiger partial charge in [-0.2, -0.15) is 0 Å². The summed E-state index contributed by atoms with van der Waals surface area (Å²) in [5.74, 6) is -2.23. The van der Waals surface area contributed by atoms with Crippen molar-refractivity contribution in [1.29, 1.82) is 0 Å². The molecule has 1 aromatic heterocycles. The third kappa shape index (κ3) is 7.32. The number of nitrogens with one attached hydrogen (secondary N) is 3. The predicted octanol–water partition coefficient (Wildman–Crippen LogP) is 4.28. The zero-order chi connectivity index (χ0) is 30.8. The monoisotopic (exact) mass is 674 g/mol. The van der Waals surface area contributed by atoms with Crippen LogP contribution in [0.5, 0.6) is 0 Å². The zero-order valence-electron chi connectivity index (χ0n) is 23.6. The highest BCUT2D eigenvalue weighted by Gasteiger charge is 2.61. The predicted molar refractivity (Wildman–Crippen MR) is 161 cm³/mol. The van der Waals surface area contributed by atoms with Crippen LogP contribution in [0.1, 0.15) is 77.0 Å². The number of carbonyl (C=O) groups excluding carboxylic acids is 4. The molecule has 0 spiro atoms. The molecule has 2 aliphatic carbocycles. The number of nitrogens with zero attached hydrogens (tertiary/aromatic N) is 1. The minimum atomic E-state index is -4.36. The number of thiophene rings is 1. The van der Waals surface area contributed by atoms with E-state index in [4.69, 9.17) is 27.9 Å². The van der Waals surface area contributed by atoms with Gasteiger partial charge in [-0.3, -0.25) is 14.4 Å². The van der Waals surface area contributed by atoms with Gasteiger partial charge in [0.2, 0.25) is 11.8 Å². The summed E-state index contributed by atoms with van der Waals surface area (Å²) >= 11 is 12.8. The molecule has 4 amide bonds. The summed E-state index contributed by atoms with van der Waals surface area (Å²) in [5, 5.41) is 5.55. The number of hydrogen-bond donors (Lipinski definition) is 3. The lowest BCUT2D eigenvalue weighted by Crippen LogP contribution is -2.58. The smallest absolute Gasteiger partial charge is 0.408 e. The Bertz CT molecular complexity index is 1400. The molecule has 2 aliphatic heterocycles. The van der Waals surface area contributed by atoms with Crippen molar-refractivity contribution in [2.75, 3.05) is 6.54 Å². The molecule has 1 saturated heterocycles. The SMILES string of the molecule is O=C(N[C@H]1CCCCC/C=C\[C@@H]2C[C@@]2(C(=O)NS(=O)(=O)c2cc(Cl)sc2Cl)NC(=O)[C@@H]2CCCN2C1=O)OC1CCCC1. The summed E-state index contributed by atoms with van der Waals surface area (Å²) in [6.07, 6.45) is 11.2. The Morgan fingerprint density at radius 1 is 1.05 bits per heavy atom. The molecule has 3 fully saturated rings. The van der Waals surface area contributed by atoms with Gasteiger partial charge in [-0.1, -0.05) is 48.2 Å². The third-order valence-electron chi connectivity index (χ3n) is 8.64. The topological polar surface area (TPSA) is 151 Å². The maximum atomic E-state index is 13.7. The second kappa shape index (κ2) is 13.3. The Hall–Kier alpha value is -2.35. The molecule has 0 bridgehead atoms. The Morgan fingerprint density at radius 3 is 2.51 bits per heavy atom. The van der Waals surface area contributed by atoms with Crippen molar-refractivity contribution in [3.8, 4) is 0 Å². The highest BCUT2D eigenvalue weighted by Crippen LogP contribution is 2.46. The van der Waals surface area contributed by atoms with Gasteiger partial charge in [0.1, 0.15) is 33.0 Å². The van der Waals surface area contributed by atoms with E-state index in [2.05, 4.69) is 15.4 Å². The number of amides is 4. The molecule has 15 heteroatoms. The van der Waals surface area contributed by atoms with E-state index in [0.29, 0.717) is 38.6 Å². The summed E-state index contributed by atoms with van der Waals surface area (Å²) in [5.41, 5.74) is -1.51. The minimum absolute atomic E-state index is 0.0865. The molecular weight excluding hydrogens is 639 g/mol. The number of hydrogen-bond acceptors (Lipinski definition) is 8. The third-order valence-corrected chi connectivity index (χ3v) is 11.7. The summed E-state index contributed by atoms with van der Waals surface area (Å²) in [4.78, 5) is 54.8. The number of ether oxygens (including phenoxy) is 1. The van der Waals surface area contributed by atoms with Crippen molar-refractivity contribution >= 4 is 68.4 Å². The number of sulfonamides is 1. The van der Waals surface area contributed by atoms with Crippen molar-refractivity contribution in [1.82, 2.24) is 20.3 Å². The van der Waals surface area contributed by atoms with Crippen molar-refractivity contribution in [2.24, 2.45) is 5.92 Å². The number of fused-ring (bicyclic) bond motifs is 2. The van der Waals surface area contributed by atoms with Gasteiger partial charge >= 0.3 is 6.09 Å². The van der Waals surface area contributed by atoms with Crippen LogP contribution in [-0.4, -0.2) is 67.4 Å². The Morgan fingerprint density at radius 2 is 1.79 bits per heavy atom. The van der Waals surface area contributed by atoms with E-state index in [1.165, 1.54) is 4.90 Å². The van der Waals surface area contributed by atoms with E-state index in [1.807, 2.05) is 12.2 Å². The van der Waals surface area contributed by atoms with Gasteiger partial charge in [0.05, 0.1) is 4.34 Å². The first-order valence-electron chi connectivity index (χ1n) is 14.8. The molecule has 0 radical (unpaired) electrons. The first kappa shape index (κ1) is 32.1. The van der Waals surface area contributed by atoms with Crippen LogP contribution in [0.2, 0.25) is 8.67 Å². The molecule has 3 N–H and O–H groups in total. The molecule has 3 heterocycles. The van der Waals surface area contributed by atoms with Crippen LogP contribution in [0, 0.1) is 5.92 Å². The lowest BCUT2D eigenvalue weighted by Gasteiger charge is -2.30. The summed E-state index contributed by atoms with van der Waals surface area (Å²) in [6.45, 7) is 0.321. The number of rotatable bonds is 5. The van der Waals surface area contributed by atoms with Crippen molar-refractivity contribution in [3.63, 3.8) is 0 Å². The second-order valence-corrected chi connectivity index (χ2v) is 15.6. The number of halogens is 2. The summed E-state index contributed by atoms with van der Waals surface area (Å²) < 4.78 is 33.7. The van der Waals surface area contributed by atoms with Crippen LogP contribution in [0.25, 0.3) is 0 Å². The van der Waals surface area contributed by atoms with Gasteiger partial charge in [-0.15, -0.1) is 11.3 Å². The normalized spacial score (nSPS) is 29.4. The first-order valence-corrected chi connectivity index (χ1v) is 17.8. The fourth-order valence-corrected chi connectivity index (χ4v) is 9.39. The van der Waals surface area contributed by atoms with Crippen LogP contribution in [0.15, 0.2) is 23.1 Å². The molecule has 236 valence electrons. The Balaban J connectivity index is 1.34. The summed E-state index contributed by atoms with van der Waals surface area (Å²) in [7, 11) is -4.36. The molecule has 0 aromatic carbocycles. The molecule has 2 saturated carbocycles. The van der Waals surface area contributed by atoms with Crippen LogP contribution >= 0.6 is 34.5 Å². The zero-order valence-corrected chi connectivity index (χ0v) is 26.8. The largest absolute Gasteiger partial charge is 0.446 e. The highest BCUT2D eigenvalue weighted by atomic mass is 35.5. The molecule has 11 nitrogen and oxygen atoms in total. The molecule has 0 unspecified atom stereocenters. The maximum Gasteiger partial charge on any atom is 0.408 e. The van der Waals surface area contributed by atoms with Crippen LogP contribution in [-0.2, 0) is 29.1 Å². The van der Waals surface area contributed by atoms with Crippen molar-refractivity contribution in [2.45, 2.75) is 106 Å². The van der Waals surface area contributed by atoms with Gasteiger partial charge in [-0.05, 0) is 70.3 Å². The molecule has 4 aliphatic rings. The van der Waals surface area contributed by atoms with E-state index in [0.717, 1.165) is 55.9 Å². The van der Waals surface area contributed by atoms with Gasteiger partial charge in [-0.25, -0.2) is 17.9 Å². The van der Waals surface area contributed by atoms with E-state index in [9.17, 15) is 27.6 Å².